The van der Waals surface area contributed by atoms with Crippen molar-refractivity contribution >= 4 is 0 Å². The smallest absolute Gasteiger partial charge is 0.0618 e. The summed E-state index contributed by atoms with van der Waals surface area (Å²) >= 11 is 0. The summed E-state index contributed by atoms with van der Waals surface area (Å²) in [5, 5.41) is 0. The Morgan fingerprint density at radius 3 is 2.87 bits per heavy atom. The van der Waals surface area contributed by atoms with E-state index in [0.29, 0.717) is 12.0 Å². The van der Waals surface area contributed by atoms with Crippen molar-refractivity contribution in [2.75, 3.05) is 32.8 Å². The molecule has 1 saturated heterocycles. The van der Waals surface area contributed by atoms with Gasteiger partial charge in [-0.25, -0.2) is 0 Å². The molecule has 0 radical (unpaired) electrons. The van der Waals surface area contributed by atoms with Crippen LogP contribution < -0.4 is 5.73 Å². The minimum absolute atomic E-state index is 0.534. The molecule has 0 amide bonds. The number of hydrogen-bond acceptors (Lipinski definition) is 3. The number of nitrogens with two attached hydrogens (primary N) is 1. The monoisotopic (exact) mass is 214 g/mol. The molecule has 0 aromatic heterocycles. The van der Waals surface area contributed by atoms with Crippen LogP contribution in [0.3, 0.4) is 0 Å². The summed E-state index contributed by atoms with van der Waals surface area (Å²) < 4.78 is 5.47. The molecule has 3 unspecified atom stereocenters. The molecule has 2 N–H and O–H groups in total. The highest BCUT2D eigenvalue weighted by Gasteiger charge is 2.27. The second kappa shape index (κ2) is 6.46. The minimum Gasteiger partial charge on any atom is -0.380 e. The molecule has 1 aliphatic rings. The van der Waals surface area contributed by atoms with Gasteiger partial charge in [0.1, 0.15) is 0 Å². The first kappa shape index (κ1) is 12.9. The maximum Gasteiger partial charge on any atom is 0.0618 e. The second-order valence-electron chi connectivity index (χ2n) is 4.77. The third-order valence-electron chi connectivity index (χ3n) is 3.63. The highest BCUT2D eigenvalue weighted by Crippen LogP contribution is 2.23. The first-order valence-corrected chi connectivity index (χ1v) is 6.20. The van der Waals surface area contributed by atoms with Gasteiger partial charge < -0.3 is 10.5 Å². The summed E-state index contributed by atoms with van der Waals surface area (Å²) in [6.45, 7) is 11.4. The molecule has 0 aromatic carbocycles. The van der Waals surface area contributed by atoms with Crippen molar-refractivity contribution in [2.45, 2.75) is 33.2 Å². The van der Waals surface area contributed by atoms with Crippen molar-refractivity contribution < 1.29 is 4.74 Å². The summed E-state index contributed by atoms with van der Waals surface area (Å²) in [4.78, 5) is 2.52. The van der Waals surface area contributed by atoms with Gasteiger partial charge in [0.25, 0.3) is 0 Å². The van der Waals surface area contributed by atoms with Crippen molar-refractivity contribution in [1.29, 1.82) is 0 Å². The molecule has 90 valence electrons. The van der Waals surface area contributed by atoms with E-state index in [2.05, 4.69) is 18.7 Å². The van der Waals surface area contributed by atoms with Gasteiger partial charge in [-0.2, -0.15) is 0 Å². The van der Waals surface area contributed by atoms with E-state index >= 15 is 0 Å². The minimum atomic E-state index is 0.534. The predicted octanol–water partition coefficient (Wildman–Crippen LogP) is 1.33. The quantitative estimate of drug-likeness (QED) is 0.750. The largest absolute Gasteiger partial charge is 0.380 e. The van der Waals surface area contributed by atoms with Gasteiger partial charge in [-0.3, -0.25) is 4.90 Å². The van der Waals surface area contributed by atoms with Crippen molar-refractivity contribution in [3.05, 3.63) is 0 Å². The molecule has 0 aromatic rings. The molecule has 1 fully saturated rings. The molecular weight excluding hydrogens is 188 g/mol. The Morgan fingerprint density at radius 2 is 2.27 bits per heavy atom. The normalized spacial score (nSPS) is 30.4. The van der Waals surface area contributed by atoms with Crippen LogP contribution in [0.15, 0.2) is 0 Å². The van der Waals surface area contributed by atoms with E-state index in [4.69, 9.17) is 10.5 Å². The van der Waals surface area contributed by atoms with Gasteiger partial charge in [0.2, 0.25) is 0 Å². The van der Waals surface area contributed by atoms with E-state index in [1.807, 2.05) is 6.92 Å². The second-order valence-corrected chi connectivity index (χ2v) is 4.77. The van der Waals surface area contributed by atoms with E-state index in [0.717, 1.165) is 32.2 Å². The molecule has 1 heterocycles. The van der Waals surface area contributed by atoms with Gasteiger partial charge in [0.15, 0.2) is 0 Å². The van der Waals surface area contributed by atoms with Crippen molar-refractivity contribution in [1.82, 2.24) is 4.90 Å². The molecule has 3 atom stereocenters. The SMILES string of the molecule is CCOCC(C)N1CCC(C)C(CN)C1. The van der Waals surface area contributed by atoms with Crippen LogP contribution in [0.25, 0.3) is 0 Å². The predicted molar refractivity (Wildman–Crippen MR) is 63.9 cm³/mol. The molecular formula is C12H26N2O. The lowest BCUT2D eigenvalue weighted by Gasteiger charge is -2.39. The van der Waals surface area contributed by atoms with Gasteiger partial charge in [-0.1, -0.05) is 6.92 Å². The molecule has 15 heavy (non-hydrogen) atoms. The van der Waals surface area contributed by atoms with Crippen molar-refractivity contribution in [3.63, 3.8) is 0 Å². The number of likely N-dealkylation sites (tertiary alicyclic amines) is 1. The average Bonchev–Trinajstić information content (AvgIpc) is 2.26. The van der Waals surface area contributed by atoms with Gasteiger partial charge >= 0.3 is 0 Å². The van der Waals surface area contributed by atoms with Gasteiger partial charge in [0, 0.05) is 19.2 Å². The Bertz CT molecular complexity index is 175. The zero-order valence-corrected chi connectivity index (χ0v) is 10.4. The fraction of sp³-hybridized carbons (Fsp3) is 1.00. The number of nitrogens with zero attached hydrogens (tertiary/aromatic N) is 1. The molecule has 3 heteroatoms. The number of ether oxygens (including phenoxy) is 1. The zero-order chi connectivity index (χ0) is 11.3. The van der Waals surface area contributed by atoms with Gasteiger partial charge in [-0.15, -0.1) is 0 Å². The van der Waals surface area contributed by atoms with E-state index in [1.165, 1.54) is 13.0 Å². The number of rotatable bonds is 5. The summed E-state index contributed by atoms with van der Waals surface area (Å²) in [6.07, 6.45) is 1.28. The molecule has 0 saturated carbocycles. The fourth-order valence-corrected chi connectivity index (χ4v) is 2.28. The molecule has 0 spiro atoms. The van der Waals surface area contributed by atoms with Crippen LogP contribution in [-0.2, 0) is 4.74 Å². The summed E-state index contributed by atoms with van der Waals surface area (Å²) in [5.41, 5.74) is 5.80. The summed E-state index contributed by atoms with van der Waals surface area (Å²) in [5.74, 6) is 1.45. The number of piperidine rings is 1. The standard InChI is InChI=1S/C12H26N2O/c1-4-15-9-11(3)14-6-5-10(2)12(7-13)8-14/h10-12H,4-9,13H2,1-3H3. The Hall–Kier alpha value is -0.120. The molecule has 0 bridgehead atoms. The van der Waals surface area contributed by atoms with Gasteiger partial charge in [0.05, 0.1) is 6.61 Å². The van der Waals surface area contributed by atoms with Crippen LogP contribution in [0.5, 0.6) is 0 Å². The van der Waals surface area contributed by atoms with Crippen LogP contribution in [-0.4, -0.2) is 43.8 Å². The third-order valence-corrected chi connectivity index (χ3v) is 3.63. The topological polar surface area (TPSA) is 38.5 Å². The molecule has 0 aliphatic carbocycles. The lowest BCUT2D eigenvalue weighted by Crippen LogP contribution is -2.47. The lowest BCUT2D eigenvalue weighted by atomic mass is 9.86. The van der Waals surface area contributed by atoms with E-state index in [-0.39, 0.29) is 0 Å². The Morgan fingerprint density at radius 1 is 1.53 bits per heavy atom. The van der Waals surface area contributed by atoms with Crippen molar-refractivity contribution in [3.8, 4) is 0 Å². The van der Waals surface area contributed by atoms with E-state index in [9.17, 15) is 0 Å². The summed E-state index contributed by atoms with van der Waals surface area (Å²) in [6, 6.07) is 0.534. The first-order valence-electron chi connectivity index (χ1n) is 6.20. The van der Waals surface area contributed by atoms with Crippen LogP contribution in [0.1, 0.15) is 27.2 Å². The van der Waals surface area contributed by atoms with Gasteiger partial charge in [-0.05, 0) is 45.2 Å². The average molecular weight is 214 g/mol. The van der Waals surface area contributed by atoms with Crippen LogP contribution in [0, 0.1) is 11.8 Å². The highest BCUT2D eigenvalue weighted by molar-refractivity contribution is 4.81. The van der Waals surface area contributed by atoms with Crippen molar-refractivity contribution in [2.24, 2.45) is 17.6 Å². The van der Waals surface area contributed by atoms with Crippen LogP contribution >= 0.6 is 0 Å². The van der Waals surface area contributed by atoms with Crippen LogP contribution in [0.2, 0.25) is 0 Å². The highest BCUT2D eigenvalue weighted by atomic mass is 16.5. The van der Waals surface area contributed by atoms with Crippen LogP contribution in [0.4, 0.5) is 0 Å². The first-order chi connectivity index (χ1) is 7.19. The number of hydrogen-bond donors (Lipinski definition) is 1. The maximum atomic E-state index is 5.80. The summed E-state index contributed by atoms with van der Waals surface area (Å²) in [7, 11) is 0. The maximum absolute atomic E-state index is 5.80. The lowest BCUT2D eigenvalue weighted by molar-refractivity contribution is 0.0377. The Balaban J connectivity index is 2.36. The Labute approximate surface area is 94.0 Å². The zero-order valence-electron chi connectivity index (χ0n) is 10.4. The van der Waals surface area contributed by atoms with E-state index in [1.54, 1.807) is 0 Å². The molecule has 1 aliphatic heterocycles. The molecule has 3 nitrogen and oxygen atoms in total. The fourth-order valence-electron chi connectivity index (χ4n) is 2.28. The van der Waals surface area contributed by atoms with E-state index < -0.39 is 0 Å². The molecule has 1 rings (SSSR count). The third kappa shape index (κ3) is 3.74. The Kier molecular flexibility index (Phi) is 5.58.